The third kappa shape index (κ3) is 2.98. The maximum Gasteiger partial charge on any atom is 0.217 e. The highest BCUT2D eigenvalue weighted by Crippen LogP contribution is 2.17. The van der Waals surface area contributed by atoms with Gasteiger partial charge in [0.2, 0.25) is 5.95 Å². The van der Waals surface area contributed by atoms with E-state index in [0.29, 0.717) is 5.82 Å². The summed E-state index contributed by atoms with van der Waals surface area (Å²) in [6.07, 6.45) is 1.14. The molecular formula is C12H12FN3O. The number of rotatable bonds is 4. The second-order valence-corrected chi connectivity index (χ2v) is 3.52. The Labute approximate surface area is 98.2 Å². The second kappa shape index (κ2) is 5.36. The van der Waals surface area contributed by atoms with E-state index in [4.69, 9.17) is 0 Å². The van der Waals surface area contributed by atoms with E-state index in [9.17, 15) is 9.50 Å². The van der Waals surface area contributed by atoms with Crippen LogP contribution in [0.25, 0.3) is 0 Å². The Bertz CT molecular complexity index is 478. The van der Waals surface area contributed by atoms with Crippen LogP contribution >= 0.6 is 0 Å². The predicted octanol–water partition coefficient (Wildman–Crippen LogP) is 1.76. The molecule has 0 aliphatic heterocycles. The number of hydrogen-bond acceptors (Lipinski definition) is 4. The molecule has 0 aliphatic rings. The molecule has 0 aliphatic carbocycles. The normalized spacial score (nSPS) is 12.1. The highest BCUT2D eigenvalue weighted by atomic mass is 19.1. The van der Waals surface area contributed by atoms with Crippen molar-refractivity contribution in [1.29, 1.82) is 0 Å². The van der Waals surface area contributed by atoms with Crippen molar-refractivity contribution in [2.75, 3.05) is 11.9 Å². The van der Waals surface area contributed by atoms with Crippen LogP contribution in [0, 0.1) is 5.95 Å². The second-order valence-electron chi connectivity index (χ2n) is 3.52. The van der Waals surface area contributed by atoms with Crippen LogP contribution in [0.4, 0.5) is 10.2 Å². The Balaban J connectivity index is 2.16. The lowest BCUT2D eigenvalue weighted by Gasteiger charge is -2.16. The molecule has 4 nitrogen and oxygen atoms in total. The summed E-state index contributed by atoms with van der Waals surface area (Å²) >= 11 is 0. The van der Waals surface area contributed by atoms with Crippen LogP contribution in [0.2, 0.25) is 0 Å². The molecule has 17 heavy (non-hydrogen) atoms. The molecule has 0 amide bonds. The summed E-state index contributed by atoms with van der Waals surface area (Å²) in [6.45, 7) is -0.102. The van der Waals surface area contributed by atoms with Crippen LogP contribution in [0.1, 0.15) is 11.6 Å². The fraction of sp³-hybridized carbons (Fsp3) is 0.167. The molecule has 88 valence electrons. The highest BCUT2D eigenvalue weighted by Gasteiger charge is 2.10. The van der Waals surface area contributed by atoms with E-state index in [1.165, 1.54) is 6.07 Å². The average Bonchev–Trinajstić information content (AvgIpc) is 2.37. The molecule has 2 rings (SSSR count). The van der Waals surface area contributed by atoms with Gasteiger partial charge in [0.15, 0.2) is 0 Å². The molecule has 0 bridgehead atoms. The number of aliphatic hydroxyl groups is 1. The molecule has 5 heteroatoms. The smallest absolute Gasteiger partial charge is 0.217 e. The minimum absolute atomic E-state index is 0.102. The molecule has 0 spiro atoms. The van der Waals surface area contributed by atoms with E-state index in [-0.39, 0.29) is 12.6 Å². The van der Waals surface area contributed by atoms with Crippen LogP contribution in [0.3, 0.4) is 0 Å². The van der Waals surface area contributed by atoms with Crippen molar-refractivity contribution in [1.82, 2.24) is 9.97 Å². The summed E-state index contributed by atoms with van der Waals surface area (Å²) in [6, 6.07) is 10.3. The Kier molecular flexibility index (Phi) is 3.62. The van der Waals surface area contributed by atoms with Gasteiger partial charge >= 0.3 is 0 Å². The number of aromatic nitrogens is 2. The summed E-state index contributed by atoms with van der Waals surface area (Å²) in [4.78, 5) is 7.24. The van der Waals surface area contributed by atoms with E-state index in [2.05, 4.69) is 15.3 Å². The molecule has 0 fully saturated rings. The quantitative estimate of drug-likeness (QED) is 0.790. The molecule has 0 saturated heterocycles. The number of nitrogens with one attached hydrogen (secondary N) is 1. The zero-order valence-electron chi connectivity index (χ0n) is 9.05. The summed E-state index contributed by atoms with van der Waals surface area (Å²) < 4.78 is 12.9. The number of benzene rings is 1. The summed E-state index contributed by atoms with van der Waals surface area (Å²) in [7, 11) is 0. The third-order valence-electron chi connectivity index (χ3n) is 2.34. The van der Waals surface area contributed by atoms with Crippen molar-refractivity contribution in [3.63, 3.8) is 0 Å². The average molecular weight is 233 g/mol. The topological polar surface area (TPSA) is 58.0 Å². The first-order valence-corrected chi connectivity index (χ1v) is 5.19. The molecule has 2 N–H and O–H groups in total. The molecule has 1 atom stereocenters. The number of aliphatic hydroxyl groups excluding tert-OH is 1. The van der Waals surface area contributed by atoms with Gasteiger partial charge in [0.1, 0.15) is 12.1 Å². The van der Waals surface area contributed by atoms with Gasteiger partial charge in [0.25, 0.3) is 0 Å². The van der Waals surface area contributed by atoms with E-state index >= 15 is 0 Å². The lowest BCUT2D eigenvalue weighted by molar-refractivity contribution is 0.276. The van der Waals surface area contributed by atoms with Gasteiger partial charge in [-0.15, -0.1) is 0 Å². The summed E-state index contributed by atoms with van der Waals surface area (Å²) in [5, 5.41) is 12.3. The van der Waals surface area contributed by atoms with Gasteiger partial charge in [-0.05, 0) is 5.56 Å². The van der Waals surface area contributed by atoms with Crippen molar-refractivity contribution in [3.05, 3.63) is 54.2 Å². The van der Waals surface area contributed by atoms with Crippen LogP contribution in [-0.2, 0) is 0 Å². The maximum atomic E-state index is 12.9. The third-order valence-corrected chi connectivity index (χ3v) is 2.34. The Morgan fingerprint density at radius 3 is 2.65 bits per heavy atom. The number of halogens is 1. The van der Waals surface area contributed by atoms with E-state index < -0.39 is 5.95 Å². The molecule has 0 saturated carbocycles. The minimum atomic E-state index is -0.604. The Hall–Kier alpha value is -2.01. The maximum absolute atomic E-state index is 12.9. The first-order chi connectivity index (χ1) is 8.29. The minimum Gasteiger partial charge on any atom is -0.394 e. The Morgan fingerprint density at radius 1 is 1.24 bits per heavy atom. The fourth-order valence-electron chi connectivity index (χ4n) is 1.51. The monoisotopic (exact) mass is 233 g/mol. The van der Waals surface area contributed by atoms with Gasteiger partial charge in [-0.1, -0.05) is 30.3 Å². The van der Waals surface area contributed by atoms with E-state index in [0.717, 1.165) is 11.9 Å². The molecule has 1 unspecified atom stereocenters. The van der Waals surface area contributed by atoms with Gasteiger partial charge in [-0.25, -0.2) is 9.97 Å². The van der Waals surface area contributed by atoms with Gasteiger partial charge in [0.05, 0.1) is 12.6 Å². The summed E-state index contributed by atoms with van der Waals surface area (Å²) in [5.41, 5.74) is 0.911. The fourth-order valence-corrected chi connectivity index (χ4v) is 1.51. The van der Waals surface area contributed by atoms with Crippen LogP contribution < -0.4 is 5.32 Å². The van der Waals surface area contributed by atoms with Gasteiger partial charge < -0.3 is 10.4 Å². The molecular weight excluding hydrogens is 221 g/mol. The molecule has 1 aromatic carbocycles. The lowest BCUT2D eigenvalue weighted by Crippen LogP contribution is -2.15. The van der Waals surface area contributed by atoms with Gasteiger partial charge in [-0.2, -0.15) is 4.39 Å². The number of nitrogens with zero attached hydrogens (tertiary/aromatic N) is 2. The first-order valence-electron chi connectivity index (χ1n) is 5.19. The molecule has 2 aromatic rings. The first kappa shape index (κ1) is 11.5. The van der Waals surface area contributed by atoms with Crippen LogP contribution in [-0.4, -0.2) is 21.7 Å². The SMILES string of the molecule is OCC(Nc1cc(F)ncn1)c1ccccc1. The molecule has 0 radical (unpaired) electrons. The lowest BCUT2D eigenvalue weighted by atomic mass is 10.1. The predicted molar refractivity (Wildman–Crippen MR) is 61.9 cm³/mol. The standard InChI is InChI=1S/C12H12FN3O/c13-11-6-12(15-8-14-11)16-10(7-17)9-4-2-1-3-5-9/h1-6,8,10,17H,7H2,(H,14,15,16). The van der Waals surface area contributed by atoms with Crippen LogP contribution in [0.15, 0.2) is 42.7 Å². The molecule has 1 heterocycles. The van der Waals surface area contributed by atoms with Crippen molar-refractivity contribution in [3.8, 4) is 0 Å². The summed E-state index contributed by atoms with van der Waals surface area (Å²) in [5.74, 6) is -0.257. The largest absolute Gasteiger partial charge is 0.394 e. The van der Waals surface area contributed by atoms with Crippen molar-refractivity contribution in [2.45, 2.75) is 6.04 Å². The van der Waals surface area contributed by atoms with Gasteiger partial charge in [0, 0.05) is 6.07 Å². The Morgan fingerprint density at radius 2 is 2.00 bits per heavy atom. The van der Waals surface area contributed by atoms with Crippen molar-refractivity contribution < 1.29 is 9.50 Å². The van der Waals surface area contributed by atoms with Gasteiger partial charge in [-0.3, -0.25) is 0 Å². The highest BCUT2D eigenvalue weighted by molar-refractivity contribution is 5.37. The number of hydrogen-bond donors (Lipinski definition) is 2. The zero-order chi connectivity index (χ0) is 12.1. The molecule has 1 aromatic heterocycles. The van der Waals surface area contributed by atoms with Crippen molar-refractivity contribution in [2.24, 2.45) is 0 Å². The zero-order valence-corrected chi connectivity index (χ0v) is 9.05. The van der Waals surface area contributed by atoms with Crippen LogP contribution in [0.5, 0.6) is 0 Å². The van der Waals surface area contributed by atoms with Crippen molar-refractivity contribution >= 4 is 5.82 Å². The van der Waals surface area contributed by atoms with E-state index in [1.54, 1.807) is 0 Å². The number of anilines is 1. The van der Waals surface area contributed by atoms with E-state index in [1.807, 2.05) is 30.3 Å².